The summed E-state index contributed by atoms with van der Waals surface area (Å²) in [7, 11) is 0. The number of nitrogens with zero attached hydrogens (tertiary/aromatic N) is 1. The monoisotopic (exact) mass is 242 g/mol. The van der Waals surface area contributed by atoms with Crippen LogP contribution in [0, 0.1) is 17.8 Å². The Balaban J connectivity index is 2.42. The van der Waals surface area contributed by atoms with Crippen molar-refractivity contribution in [2.24, 2.45) is 23.5 Å². The van der Waals surface area contributed by atoms with Gasteiger partial charge in [0.15, 0.2) is 0 Å². The van der Waals surface area contributed by atoms with Crippen molar-refractivity contribution in [3.8, 4) is 0 Å². The minimum Gasteiger partial charge on any atom is -0.481 e. The van der Waals surface area contributed by atoms with Gasteiger partial charge < -0.3 is 15.7 Å². The van der Waals surface area contributed by atoms with Gasteiger partial charge in [0.25, 0.3) is 0 Å². The highest BCUT2D eigenvalue weighted by atomic mass is 16.4. The summed E-state index contributed by atoms with van der Waals surface area (Å²) in [5.74, 6) is -0.771. The van der Waals surface area contributed by atoms with Gasteiger partial charge in [-0.15, -0.1) is 0 Å². The molecule has 0 aromatic carbocycles. The largest absolute Gasteiger partial charge is 0.481 e. The summed E-state index contributed by atoms with van der Waals surface area (Å²) in [5.41, 5.74) is 5.49. The molecule has 0 radical (unpaired) electrons. The second-order valence-corrected chi connectivity index (χ2v) is 5.10. The molecule has 1 saturated heterocycles. The molecule has 1 rings (SSSR count). The van der Waals surface area contributed by atoms with Crippen molar-refractivity contribution < 1.29 is 14.7 Å². The predicted molar refractivity (Wildman–Crippen MR) is 64.3 cm³/mol. The molecule has 1 aliphatic heterocycles. The number of likely N-dealkylation sites (tertiary alicyclic amines) is 1. The number of hydrogen-bond donors (Lipinski definition) is 2. The molecule has 0 aromatic heterocycles. The number of rotatable bonds is 5. The highest BCUT2D eigenvalue weighted by Gasteiger charge is 2.36. The number of carboxylic acids is 1. The van der Waals surface area contributed by atoms with Crippen molar-refractivity contribution in [1.82, 2.24) is 4.90 Å². The first kappa shape index (κ1) is 14.0. The summed E-state index contributed by atoms with van der Waals surface area (Å²) in [5, 5.41) is 8.98. The van der Waals surface area contributed by atoms with Crippen LogP contribution >= 0.6 is 0 Å². The Labute approximate surface area is 102 Å². The first-order valence-electron chi connectivity index (χ1n) is 6.16. The van der Waals surface area contributed by atoms with Gasteiger partial charge >= 0.3 is 5.97 Å². The van der Waals surface area contributed by atoms with E-state index in [-0.39, 0.29) is 11.8 Å². The van der Waals surface area contributed by atoms with Crippen LogP contribution in [-0.2, 0) is 9.59 Å². The van der Waals surface area contributed by atoms with Crippen LogP contribution in [-0.4, -0.2) is 41.5 Å². The number of amides is 1. The van der Waals surface area contributed by atoms with Crippen LogP contribution in [0.1, 0.15) is 26.7 Å². The average Bonchev–Trinajstić information content (AvgIpc) is 2.67. The molecule has 0 spiro atoms. The Hall–Kier alpha value is -1.10. The van der Waals surface area contributed by atoms with E-state index >= 15 is 0 Å². The van der Waals surface area contributed by atoms with Crippen molar-refractivity contribution in [3.05, 3.63) is 0 Å². The average molecular weight is 242 g/mol. The Kier molecular flexibility index (Phi) is 4.93. The fourth-order valence-corrected chi connectivity index (χ4v) is 2.14. The summed E-state index contributed by atoms with van der Waals surface area (Å²) in [6.45, 7) is 5.40. The molecule has 1 aliphatic rings. The van der Waals surface area contributed by atoms with Crippen LogP contribution in [0.25, 0.3) is 0 Å². The zero-order valence-corrected chi connectivity index (χ0v) is 10.6. The number of hydrogen-bond acceptors (Lipinski definition) is 3. The zero-order valence-electron chi connectivity index (χ0n) is 10.6. The summed E-state index contributed by atoms with van der Waals surface area (Å²) >= 11 is 0. The molecule has 3 atom stereocenters. The minimum atomic E-state index is -0.803. The number of carboxylic acid groups (broad SMARTS) is 1. The van der Waals surface area contributed by atoms with Gasteiger partial charge in [0.1, 0.15) is 0 Å². The normalized spacial score (nSPS) is 25.9. The lowest BCUT2D eigenvalue weighted by Crippen LogP contribution is -2.30. The van der Waals surface area contributed by atoms with Gasteiger partial charge in [-0.05, 0) is 24.8 Å². The van der Waals surface area contributed by atoms with Crippen LogP contribution in [0.5, 0.6) is 0 Å². The van der Waals surface area contributed by atoms with Crippen LogP contribution in [0.3, 0.4) is 0 Å². The van der Waals surface area contributed by atoms with E-state index in [9.17, 15) is 9.59 Å². The van der Waals surface area contributed by atoms with Crippen LogP contribution in [0.15, 0.2) is 0 Å². The Bertz CT molecular complexity index is 293. The molecule has 0 aliphatic carbocycles. The fourth-order valence-electron chi connectivity index (χ4n) is 2.14. The highest BCUT2D eigenvalue weighted by Crippen LogP contribution is 2.24. The van der Waals surface area contributed by atoms with Gasteiger partial charge in [-0.2, -0.15) is 0 Å². The molecular formula is C12H22N2O3. The number of carbonyl (C=O) groups excluding carboxylic acids is 1. The molecule has 5 nitrogen and oxygen atoms in total. The molecule has 0 aromatic rings. The molecular weight excluding hydrogens is 220 g/mol. The van der Waals surface area contributed by atoms with Crippen LogP contribution in [0.4, 0.5) is 0 Å². The van der Waals surface area contributed by atoms with Crippen molar-refractivity contribution >= 4 is 11.9 Å². The SMILES string of the molecule is CC(CN)CCC(=O)N1CC(C)C(C(=O)O)C1. The molecule has 3 N–H and O–H groups in total. The second kappa shape index (κ2) is 6.00. The molecule has 98 valence electrons. The molecule has 3 unspecified atom stereocenters. The molecule has 1 fully saturated rings. The summed E-state index contributed by atoms with van der Waals surface area (Å²) in [6, 6.07) is 0. The van der Waals surface area contributed by atoms with Crippen molar-refractivity contribution in [3.63, 3.8) is 0 Å². The molecule has 0 saturated carbocycles. The van der Waals surface area contributed by atoms with E-state index < -0.39 is 11.9 Å². The van der Waals surface area contributed by atoms with E-state index in [0.29, 0.717) is 32.0 Å². The third kappa shape index (κ3) is 3.70. The first-order chi connectivity index (χ1) is 7.95. The standard InChI is InChI=1S/C12H22N2O3/c1-8(5-13)3-4-11(15)14-6-9(2)10(7-14)12(16)17/h8-10H,3-7,13H2,1-2H3,(H,16,17). The topological polar surface area (TPSA) is 83.6 Å². The van der Waals surface area contributed by atoms with E-state index in [1.807, 2.05) is 13.8 Å². The van der Waals surface area contributed by atoms with Crippen LogP contribution in [0.2, 0.25) is 0 Å². The zero-order chi connectivity index (χ0) is 13.0. The van der Waals surface area contributed by atoms with E-state index in [4.69, 9.17) is 10.8 Å². The van der Waals surface area contributed by atoms with Crippen molar-refractivity contribution in [2.45, 2.75) is 26.7 Å². The predicted octanol–water partition coefficient (Wildman–Crippen LogP) is 0.541. The van der Waals surface area contributed by atoms with E-state index in [1.54, 1.807) is 4.90 Å². The smallest absolute Gasteiger partial charge is 0.308 e. The van der Waals surface area contributed by atoms with Gasteiger partial charge in [0.05, 0.1) is 5.92 Å². The maximum atomic E-state index is 11.9. The van der Waals surface area contributed by atoms with E-state index in [1.165, 1.54) is 0 Å². The maximum absolute atomic E-state index is 11.9. The Morgan fingerprint density at radius 2 is 2.12 bits per heavy atom. The Morgan fingerprint density at radius 1 is 1.47 bits per heavy atom. The van der Waals surface area contributed by atoms with Gasteiger partial charge in [-0.3, -0.25) is 9.59 Å². The quantitative estimate of drug-likeness (QED) is 0.737. The summed E-state index contributed by atoms with van der Waals surface area (Å²) < 4.78 is 0. The fraction of sp³-hybridized carbons (Fsp3) is 0.833. The first-order valence-corrected chi connectivity index (χ1v) is 6.16. The molecule has 0 bridgehead atoms. The number of aliphatic carboxylic acids is 1. The lowest BCUT2D eigenvalue weighted by atomic mass is 9.99. The third-order valence-corrected chi connectivity index (χ3v) is 3.54. The van der Waals surface area contributed by atoms with Gasteiger partial charge in [0.2, 0.25) is 5.91 Å². The number of carbonyl (C=O) groups is 2. The van der Waals surface area contributed by atoms with E-state index in [2.05, 4.69) is 0 Å². The van der Waals surface area contributed by atoms with Crippen molar-refractivity contribution in [1.29, 1.82) is 0 Å². The molecule has 1 amide bonds. The third-order valence-electron chi connectivity index (χ3n) is 3.54. The summed E-state index contributed by atoms with van der Waals surface area (Å²) in [4.78, 5) is 24.5. The molecule has 1 heterocycles. The second-order valence-electron chi connectivity index (χ2n) is 5.10. The lowest BCUT2D eigenvalue weighted by Gasteiger charge is -2.17. The molecule has 17 heavy (non-hydrogen) atoms. The summed E-state index contributed by atoms with van der Waals surface area (Å²) in [6.07, 6.45) is 1.25. The lowest BCUT2D eigenvalue weighted by molar-refractivity contribution is -0.142. The van der Waals surface area contributed by atoms with Gasteiger partial charge in [-0.1, -0.05) is 13.8 Å². The van der Waals surface area contributed by atoms with Crippen LogP contribution < -0.4 is 5.73 Å². The Morgan fingerprint density at radius 3 is 2.59 bits per heavy atom. The van der Waals surface area contributed by atoms with Crippen molar-refractivity contribution in [2.75, 3.05) is 19.6 Å². The number of nitrogens with two attached hydrogens (primary N) is 1. The molecule has 5 heteroatoms. The van der Waals surface area contributed by atoms with E-state index in [0.717, 1.165) is 6.42 Å². The van der Waals surface area contributed by atoms with Gasteiger partial charge in [-0.25, -0.2) is 0 Å². The maximum Gasteiger partial charge on any atom is 0.308 e. The van der Waals surface area contributed by atoms with Gasteiger partial charge in [0, 0.05) is 19.5 Å². The highest BCUT2D eigenvalue weighted by molar-refractivity contribution is 5.78. The minimum absolute atomic E-state index is 0.0448.